The third-order valence-electron chi connectivity index (χ3n) is 7.10. The molecule has 3 aromatic carbocycles. The summed E-state index contributed by atoms with van der Waals surface area (Å²) in [7, 11) is 1.69. The number of piperazine rings is 1. The zero-order valence-corrected chi connectivity index (χ0v) is 22.3. The topological polar surface area (TPSA) is 85.4 Å². The molecule has 9 nitrogen and oxygen atoms in total. The zero-order valence-electron chi connectivity index (χ0n) is 22.3. The number of hydrogen-bond donors (Lipinski definition) is 1. The first-order valence-corrected chi connectivity index (χ1v) is 13.2. The van der Waals surface area contributed by atoms with Gasteiger partial charge in [-0.3, -0.25) is 9.59 Å². The summed E-state index contributed by atoms with van der Waals surface area (Å²) in [5.74, 6) is -0.807. The van der Waals surface area contributed by atoms with Crippen LogP contribution >= 0.6 is 0 Å². The Balaban J connectivity index is 1.36. The van der Waals surface area contributed by atoms with Crippen molar-refractivity contribution in [2.75, 3.05) is 33.3 Å². The maximum Gasteiger partial charge on any atom is 0.334 e. The summed E-state index contributed by atoms with van der Waals surface area (Å²) in [6.45, 7) is 1.07. The lowest BCUT2D eigenvalue weighted by Crippen LogP contribution is -2.73. The number of rotatable bonds is 8. The van der Waals surface area contributed by atoms with Crippen molar-refractivity contribution >= 4 is 17.8 Å². The highest BCUT2D eigenvalue weighted by atomic mass is 19.1. The second kappa shape index (κ2) is 12.3. The number of carbonyl (C=O) groups excluding carboxylic acids is 3. The number of likely N-dealkylation sites (N-methyl/N-ethyl adjacent to an activating group) is 1. The quantitative estimate of drug-likeness (QED) is 0.440. The van der Waals surface area contributed by atoms with Crippen LogP contribution in [-0.4, -0.2) is 77.1 Å². The number of nitrogens with zero attached hydrogens (tertiary/aromatic N) is 4. The molecule has 0 saturated carbocycles. The molecule has 0 aromatic heterocycles. The summed E-state index contributed by atoms with van der Waals surface area (Å²) in [6.07, 6.45) is -0.715. The molecule has 2 heterocycles. The molecule has 1 N–H and O–H groups in total. The van der Waals surface area contributed by atoms with Crippen molar-refractivity contribution in [1.29, 1.82) is 0 Å². The first kappa shape index (κ1) is 27.3. The highest BCUT2D eigenvalue weighted by Crippen LogP contribution is 2.34. The number of hydrazine groups is 1. The van der Waals surface area contributed by atoms with Gasteiger partial charge in [0.05, 0.1) is 26.3 Å². The minimum atomic E-state index is -0.881. The number of nitrogens with one attached hydrogen (secondary N) is 1. The van der Waals surface area contributed by atoms with E-state index in [0.29, 0.717) is 17.7 Å². The van der Waals surface area contributed by atoms with Gasteiger partial charge in [-0.2, -0.15) is 0 Å². The zero-order chi connectivity index (χ0) is 28.1. The third-order valence-corrected chi connectivity index (χ3v) is 7.10. The Kier molecular flexibility index (Phi) is 8.37. The second-order valence-electron chi connectivity index (χ2n) is 9.87. The summed E-state index contributed by atoms with van der Waals surface area (Å²) in [6, 6.07) is 23.6. The average Bonchev–Trinajstić information content (AvgIpc) is 2.96. The van der Waals surface area contributed by atoms with Crippen LogP contribution in [0.5, 0.6) is 0 Å². The Morgan fingerprint density at radius 2 is 1.68 bits per heavy atom. The molecule has 0 spiro atoms. The molecule has 2 saturated heterocycles. The van der Waals surface area contributed by atoms with Gasteiger partial charge in [0.15, 0.2) is 0 Å². The largest absolute Gasteiger partial charge is 0.375 e. The van der Waals surface area contributed by atoms with E-state index in [1.165, 1.54) is 22.0 Å². The molecule has 40 heavy (non-hydrogen) atoms. The molecule has 3 aromatic rings. The predicted octanol–water partition coefficient (Wildman–Crippen LogP) is 3.15. The van der Waals surface area contributed by atoms with E-state index in [1.807, 2.05) is 60.7 Å². The maximum atomic E-state index is 13.8. The summed E-state index contributed by atoms with van der Waals surface area (Å²) in [4.78, 5) is 43.8. The molecular formula is C30H32FN5O4. The maximum absolute atomic E-state index is 13.8. The van der Waals surface area contributed by atoms with Gasteiger partial charge in [0, 0.05) is 20.1 Å². The number of carbonyl (C=O) groups is 3. The second-order valence-corrected chi connectivity index (χ2v) is 9.87. The lowest BCUT2D eigenvalue weighted by atomic mass is 9.99. The fraction of sp³-hybridized carbons (Fsp3) is 0.300. The van der Waals surface area contributed by atoms with E-state index in [0.717, 1.165) is 5.56 Å². The Labute approximate surface area is 232 Å². The summed E-state index contributed by atoms with van der Waals surface area (Å²) < 4.78 is 19.3. The van der Waals surface area contributed by atoms with E-state index in [2.05, 4.69) is 5.32 Å². The first-order chi connectivity index (χ1) is 19.4. The lowest BCUT2D eigenvalue weighted by Gasteiger charge is -2.54. The summed E-state index contributed by atoms with van der Waals surface area (Å²) >= 11 is 0. The number of benzene rings is 3. The van der Waals surface area contributed by atoms with E-state index in [1.54, 1.807) is 29.1 Å². The van der Waals surface area contributed by atoms with Gasteiger partial charge in [-0.15, -0.1) is 0 Å². The average molecular weight is 546 g/mol. The lowest BCUT2D eigenvalue weighted by molar-refractivity contribution is -0.188. The molecule has 2 fully saturated rings. The highest BCUT2D eigenvalue weighted by Gasteiger charge is 2.51. The van der Waals surface area contributed by atoms with E-state index in [4.69, 9.17) is 4.74 Å². The fourth-order valence-corrected chi connectivity index (χ4v) is 5.20. The molecule has 2 aliphatic rings. The molecule has 10 heteroatoms. The molecule has 0 unspecified atom stereocenters. The van der Waals surface area contributed by atoms with Crippen LogP contribution < -0.4 is 5.32 Å². The van der Waals surface area contributed by atoms with Crippen molar-refractivity contribution < 1.29 is 23.5 Å². The number of hydrogen-bond acceptors (Lipinski definition) is 5. The van der Waals surface area contributed by atoms with Crippen LogP contribution in [-0.2, 0) is 27.5 Å². The number of fused-ring (bicyclic) bond motifs is 1. The Hall–Kier alpha value is -4.28. The van der Waals surface area contributed by atoms with E-state index in [-0.39, 0.29) is 56.5 Å². The van der Waals surface area contributed by atoms with Gasteiger partial charge in [-0.05, 0) is 28.8 Å². The molecule has 2 aliphatic heterocycles. The van der Waals surface area contributed by atoms with Crippen LogP contribution in [0.3, 0.4) is 0 Å². The van der Waals surface area contributed by atoms with Gasteiger partial charge >= 0.3 is 6.03 Å². The van der Waals surface area contributed by atoms with E-state index >= 15 is 0 Å². The molecule has 0 aliphatic carbocycles. The van der Waals surface area contributed by atoms with Crippen molar-refractivity contribution in [3.8, 4) is 0 Å². The van der Waals surface area contributed by atoms with E-state index in [9.17, 15) is 18.8 Å². The van der Waals surface area contributed by atoms with Crippen LogP contribution in [0.4, 0.5) is 9.18 Å². The molecule has 5 rings (SSSR count). The van der Waals surface area contributed by atoms with Crippen LogP contribution in [0.25, 0.3) is 0 Å². The van der Waals surface area contributed by atoms with Crippen LogP contribution in [0.15, 0.2) is 84.9 Å². The van der Waals surface area contributed by atoms with Crippen LogP contribution in [0.2, 0.25) is 0 Å². The van der Waals surface area contributed by atoms with Crippen molar-refractivity contribution in [2.45, 2.75) is 25.4 Å². The van der Waals surface area contributed by atoms with Gasteiger partial charge in [0.2, 0.25) is 11.8 Å². The Bertz CT molecular complexity index is 1340. The smallest absolute Gasteiger partial charge is 0.334 e. The van der Waals surface area contributed by atoms with Crippen molar-refractivity contribution in [3.63, 3.8) is 0 Å². The number of amides is 4. The number of halogens is 1. The first-order valence-electron chi connectivity index (χ1n) is 13.2. The van der Waals surface area contributed by atoms with Crippen molar-refractivity contribution in [1.82, 2.24) is 25.1 Å². The van der Waals surface area contributed by atoms with E-state index < -0.39 is 12.2 Å². The van der Waals surface area contributed by atoms with Gasteiger partial charge in [-0.25, -0.2) is 19.2 Å². The minimum Gasteiger partial charge on any atom is -0.375 e. The number of urea groups is 1. The minimum absolute atomic E-state index is 0.0391. The molecule has 0 bridgehead atoms. The molecular weight excluding hydrogens is 513 g/mol. The highest BCUT2D eigenvalue weighted by molar-refractivity contribution is 5.92. The fourth-order valence-electron chi connectivity index (χ4n) is 5.20. The molecule has 2 atom stereocenters. The molecule has 4 amide bonds. The summed E-state index contributed by atoms with van der Waals surface area (Å²) in [5, 5.41) is 6.07. The van der Waals surface area contributed by atoms with Crippen molar-refractivity contribution in [2.24, 2.45) is 0 Å². The van der Waals surface area contributed by atoms with Gasteiger partial charge in [0.25, 0.3) is 0 Å². The van der Waals surface area contributed by atoms with Gasteiger partial charge < -0.3 is 19.9 Å². The predicted molar refractivity (Wildman–Crippen MR) is 146 cm³/mol. The van der Waals surface area contributed by atoms with Gasteiger partial charge in [0.1, 0.15) is 18.0 Å². The SMILES string of the molecule is CN1CC(=O)N2[C@@H](c3ccccc3)C(=O)N(CCOCc3cccc(F)c3)C[C@@H]2N1C(=O)NCc1ccccc1. The normalized spacial score (nSPS) is 19.5. The van der Waals surface area contributed by atoms with Crippen LogP contribution in [0.1, 0.15) is 22.7 Å². The Morgan fingerprint density at radius 1 is 0.975 bits per heavy atom. The Morgan fingerprint density at radius 3 is 2.40 bits per heavy atom. The summed E-state index contributed by atoms with van der Waals surface area (Å²) in [5.41, 5.74) is 2.31. The third kappa shape index (κ3) is 5.98. The monoisotopic (exact) mass is 545 g/mol. The van der Waals surface area contributed by atoms with Crippen molar-refractivity contribution in [3.05, 3.63) is 107 Å². The van der Waals surface area contributed by atoms with Gasteiger partial charge in [-0.1, -0.05) is 72.8 Å². The standard InChI is InChI=1S/C30H32FN5O4/c1-33-20-27(37)35-26(36(33)30(39)32-18-22-9-4-2-5-10-22)19-34(29(38)28(35)24-12-6-3-7-13-24)15-16-40-21-23-11-8-14-25(31)17-23/h2-14,17,26,28H,15-16,18-21H2,1H3,(H,32,39)/t26-,28-/m0/s1. The molecule has 0 radical (unpaired) electrons. The number of ether oxygens (including phenoxy) is 1. The molecule has 208 valence electrons. The van der Waals surface area contributed by atoms with Crippen LogP contribution in [0, 0.1) is 5.82 Å².